The zero-order chi connectivity index (χ0) is 18.5. The molecule has 1 aromatic heterocycles. The van der Waals surface area contributed by atoms with Gasteiger partial charge < -0.3 is 10.0 Å². The highest BCUT2D eigenvalue weighted by Crippen LogP contribution is 2.34. The highest BCUT2D eigenvalue weighted by molar-refractivity contribution is 6.01. The first kappa shape index (κ1) is 16.7. The maximum absolute atomic E-state index is 12.8. The number of imidazole rings is 1. The first-order valence-electron chi connectivity index (χ1n) is 7.81. The number of fused-ring (bicyclic) bond motifs is 3. The Labute approximate surface area is 145 Å². The van der Waals surface area contributed by atoms with Gasteiger partial charge in [-0.05, 0) is 12.1 Å². The summed E-state index contributed by atoms with van der Waals surface area (Å²) in [6.45, 7) is 5.89. The minimum Gasteiger partial charge on any atom is -0.476 e. The third kappa shape index (κ3) is 2.47. The van der Waals surface area contributed by atoms with Crippen LogP contribution in [0.1, 0.15) is 58.7 Å². The molecule has 0 atom stereocenters. The third-order valence-electron chi connectivity index (χ3n) is 4.20. The minimum atomic E-state index is -1.14. The number of benzene rings is 1. The Balaban J connectivity index is 2.49. The van der Waals surface area contributed by atoms with Gasteiger partial charge in [-0.1, -0.05) is 26.8 Å². The van der Waals surface area contributed by atoms with Gasteiger partial charge in [0, 0.05) is 12.5 Å². The van der Waals surface area contributed by atoms with Crippen LogP contribution in [0, 0.1) is 11.3 Å². The van der Waals surface area contributed by atoms with E-state index in [0.717, 1.165) is 0 Å². The first-order chi connectivity index (χ1) is 11.7. The molecule has 7 heteroatoms. The Bertz CT molecular complexity index is 944. The maximum atomic E-state index is 12.8. The fourth-order valence-electron chi connectivity index (χ4n) is 3.07. The fraction of sp³-hybridized carbons (Fsp3) is 0.333. The van der Waals surface area contributed by atoms with E-state index in [2.05, 4.69) is 11.1 Å². The SMILES string of the molecule is CN1Cc2c(C(=O)O)nc(C(C)(C)C)n2-c2cccc(C#N)c2C1=O. The number of carbonyl (C=O) groups excluding carboxylic acids is 1. The summed E-state index contributed by atoms with van der Waals surface area (Å²) >= 11 is 0. The Kier molecular flexibility index (Phi) is 3.64. The topological polar surface area (TPSA) is 99.2 Å². The summed E-state index contributed by atoms with van der Waals surface area (Å²) in [6.07, 6.45) is 0. The van der Waals surface area contributed by atoms with E-state index >= 15 is 0 Å². The lowest BCUT2D eigenvalue weighted by Gasteiger charge is -2.21. The van der Waals surface area contributed by atoms with Crippen LogP contribution in [-0.2, 0) is 12.0 Å². The molecule has 7 nitrogen and oxygen atoms in total. The second kappa shape index (κ2) is 5.45. The van der Waals surface area contributed by atoms with Gasteiger partial charge in [0.2, 0.25) is 0 Å². The number of carbonyl (C=O) groups is 2. The zero-order valence-corrected chi connectivity index (χ0v) is 14.5. The number of carboxylic acids is 1. The Hall–Kier alpha value is -3.14. The van der Waals surface area contributed by atoms with Crippen molar-refractivity contribution >= 4 is 11.9 Å². The summed E-state index contributed by atoms with van der Waals surface area (Å²) < 4.78 is 1.72. The van der Waals surface area contributed by atoms with Crippen LogP contribution in [0.3, 0.4) is 0 Å². The van der Waals surface area contributed by atoms with Crippen LogP contribution in [-0.4, -0.2) is 38.5 Å². The number of hydrogen-bond donors (Lipinski definition) is 1. The summed E-state index contributed by atoms with van der Waals surface area (Å²) in [4.78, 5) is 30.3. The van der Waals surface area contributed by atoms with Crippen molar-refractivity contribution in [3.8, 4) is 11.8 Å². The van der Waals surface area contributed by atoms with Crippen molar-refractivity contribution in [2.75, 3.05) is 7.05 Å². The van der Waals surface area contributed by atoms with Gasteiger partial charge in [0.25, 0.3) is 5.91 Å². The van der Waals surface area contributed by atoms with Gasteiger partial charge in [-0.15, -0.1) is 0 Å². The van der Waals surface area contributed by atoms with E-state index in [9.17, 15) is 20.0 Å². The van der Waals surface area contributed by atoms with Gasteiger partial charge in [-0.25, -0.2) is 9.78 Å². The molecular formula is C18H18N4O3. The largest absolute Gasteiger partial charge is 0.476 e. The standard InChI is InChI=1S/C18H18N4O3/c1-18(2,3)17-20-14(16(24)25)12-9-21(4)15(23)13-10(8-19)6-5-7-11(13)22(12)17/h5-7H,9H2,1-4H3,(H,24,25). The number of aromatic carboxylic acids is 1. The van der Waals surface area contributed by atoms with E-state index < -0.39 is 11.4 Å². The Morgan fingerprint density at radius 2 is 2.04 bits per heavy atom. The zero-order valence-electron chi connectivity index (χ0n) is 14.5. The van der Waals surface area contributed by atoms with Crippen molar-refractivity contribution in [2.24, 2.45) is 0 Å². The van der Waals surface area contributed by atoms with E-state index in [4.69, 9.17) is 0 Å². The van der Waals surface area contributed by atoms with Crippen molar-refractivity contribution < 1.29 is 14.7 Å². The lowest BCUT2D eigenvalue weighted by Crippen LogP contribution is -2.26. The molecule has 1 aromatic carbocycles. The fourth-order valence-corrected chi connectivity index (χ4v) is 3.07. The molecule has 1 N–H and O–H groups in total. The second-order valence-corrected chi connectivity index (χ2v) is 7.09. The van der Waals surface area contributed by atoms with Crippen molar-refractivity contribution in [1.29, 1.82) is 5.26 Å². The molecular weight excluding hydrogens is 320 g/mol. The van der Waals surface area contributed by atoms with E-state index in [0.29, 0.717) is 17.2 Å². The summed E-state index contributed by atoms with van der Waals surface area (Å²) in [5.74, 6) is -0.911. The number of amides is 1. The summed E-state index contributed by atoms with van der Waals surface area (Å²) in [6, 6.07) is 7.05. The van der Waals surface area contributed by atoms with E-state index in [1.807, 2.05) is 20.8 Å². The van der Waals surface area contributed by atoms with Crippen LogP contribution in [0.25, 0.3) is 5.69 Å². The first-order valence-corrected chi connectivity index (χ1v) is 7.81. The molecule has 2 heterocycles. The smallest absolute Gasteiger partial charge is 0.356 e. The molecule has 2 aromatic rings. The Morgan fingerprint density at radius 3 is 2.60 bits per heavy atom. The summed E-state index contributed by atoms with van der Waals surface area (Å²) in [7, 11) is 1.59. The average Bonchev–Trinajstić information content (AvgIpc) is 2.88. The third-order valence-corrected chi connectivity index (χ3v) is 4.20. The molecule has 0 unspecified atom stereocenters. The van der Waals surface area contributed by atoms with Crippen molar-refractivity contribution in [3.05, 3.63) is 46.5 Å². The number of nitriles is 1. The number of rotatable bonds is 1. The molecule has 25 heavy (non-hydrogen) atoms. The van der Waals surface area contributed by atoms with E-state index in [1.165, 1.54) is 4.90 Å². The molecule has 0 saturated heterocycles. The molecule has 1 amide bonds. The van der Waals surface area contributed by atoms with Gasteiger partial charge in [0.15, 0.2) is 5.69 Å². The summed E-state index contributed by atoms with van der Waals surface area (Å²) in [5.41, 5.74) is 0.933. The van der Waals surface area contributed by atoms with Crippen LogP contribution < -0.4 is 0 Å². The normalized spacial score (nSPS) is 13.7. The Morgan fingerprint density at radius 1 is 1.36 bits per heavy atom. The lowest BCUT2D eigenvalue weighted by atomic mass is 9.95. The molecule has 0 radical (unpaired) electrons. The maximum Gasteiger partial charge on any atom is 0.356 e. The lowest BCUT2D eigenvalue weighted by molar-refractivity contribution is 0.0682. The van der Waals surface area contributed by atoms with Crippen molar-refractivity contribution in [1.82, 2.24) is 14.5 Å². The average molecular weight is 338 g/mol. The van der Waals surface area contributed by atoms with Gasteiger partial charge >= 0.3 is 5.97 Å². The summed E-state index contributed by atoms with van der Waals surface area (Å²) in [5, 5.41) is 19.0. The van der Waals surface area contributed by atoms with Crippen LogP contribution >= 0.6 is 0 Å². The molecule has 0 spiro atoms. The molecule has 0 aliphatic carbocycles. The van der Waals surface area contributed by atoms with Gasteiger partial charge in [-0.2, -0.15) is 5.26 Å². The molecule has 1 aliphatic rings. The monoisotopic (exact) mass is 338 g/mol. The predicted octanol–water partition coefficient (Wildman–Crippen LogP) is 2.33. The van der Waals surface area contributed by atoms with Crippen LogP contribution in [0.4, 0.5) is 0 Å². The van der Waals surface area contributed by atoms with Crippen molar-refractivity contribution in [3.63, 3.8) is 0 Å². The van der Waals surface area contributed by atoms with Gasteiger partial charge in [-0.3, -0.25) is 9.36 Å². The molecule has 1 aliphatic heterocycles. The van der Waals surface area contributed by atoms with Crippen LogP contribution in [0.2, 0.25) is 0 Å². The highest BCUT2D eigenvalue weighted by Gasteiger charge is 2.35. The van der Waals surface area contributed by atoms with Crippen LogP contribution in [0.5, 0.6) is 0 Å². The van der Waals surface area contributed by atoms with Gasteiger partial charge in [0.1, 0.15) is 11.9 Å². The van der Waals surface area contributed by atoms with Gasteiger partial charge in [0.05, 0.1) is 29.1 Å². The quantitative estimate of drug-likeness (QED) is 0.860. The molecule has 3 rings (SSSR count). The van der Waals surface area contributed by atoms with E-state index in [-0.39, 0.29) is 29.3 Å². The number of hydrogen-bond acceptors (Lipinski definition) is 4. The highest BCUT2D eigenvalue weighted by atomic mass is 16.4. The van der Waals surface area contributed by atoms with E-state index in [1.54, 1.807) is 29.8 Å². The number of aromatic nitrogens is 2. The number of nitrogens with zero attached hydrogens (tertiary/aromatic N) is 4. The van der Waals surface area contributed by atoms with Crippen LogP contribution in [0.15, 0.2) is 18.2 Å². The van der Waals surface area contributed by atoms with Crippen molar-refractivity contribution in [2.45, 2.75) is 32.7 Å². The minimum absolute atomic E-state index is 0.0696. The molecule has 0 fully saturated rings. The molecule has 0 saturated carbocycles. The second-order valence-electron chi connectivity index (χ2n) is 7.09. The predicted molar refractivity (Wildman–Crippen MR) is 89.7 cm³/mol. The number of carboxylic acid groups (broad SMARTS) is 1. The molecule has 128 valence electrons. The molecule has 0 bridgehead atoms.